The summed E-state index contributed by atoms with van der Waals surface area (Å²) in [4.78, 5) is 22.4. The third-order valence-electron chi connectivity index (χ3n) is 5.59. The summed E-state index contributed by atoms with van der Waals surface area (Å²) in [5.41, 5.74) is 2.45. The molecule has 0 unspecified atom stereocenters. The van der Waals surface area contributed by atoms with Gasteiger partial charge >= 0.3 is 0 Å². The van der Waals surface area contributed by atoms with E-state index in [9.17, 15) is 13.2 Å². The van der Waals surface area contributed by atoms with Crippen molar-refractivity contribution in [1.29, 1.82) is 0 Å². The third kappa shape index (κ3) is 5.01. The number of morpholine rings is 1. The number of hydrogen-bond acceptors (Lipinski definition) is 7. The fourth-order valence-electron chi connectivity index (χ4n) is 3.61. The number of carbonyl (C=O) groups is 1. The quantitative estimate of drug-likeness (QED) is 0.523. The van der Waals surface area contributed by atoms with E-state index < -0.39 is 9.84 Å². The third-order valence-corrected chi connectivity index (χ3v) is 8.38. The molecule has 1 aliphatic rings. The number of aryl methyl sites for hydroxylation is 1. The summed E-state index contributed by atoms with van der Waals surface area (Å²) in [6.07, 6.45) is 0. The van der Waals surface area contributed by atoms with Crippen LogP contribution in [0.1, 0.15) is 22.8 Å². The van der Waals surface area contributed by atoms with Crippen LogP contribution in [0.5, 0.6) is 0 Å². The van der Waals surface area contributed by atoms with Gasteiger partial charge in [0.05, 0.1) is 34.1 Å². The fraction of sp³-hybridized carbons (Fsp3) is 0.391. The maximum Gasteiger partial charge on any atom is 0.260 e. The lowest BCUT2D eigenvalue weighted by atomic mass is 10.2. The molecule has 1 saturated heterocycles. The number of amides is 1. The van der Waals surface area contributed by atoms with Crippen LogP contribution >= 0.6 is 11.3 Å². The van der Waals surface area contributed by atoms with Gasteiger partial charge in [0.1, 0.15) is 0 Å². The summed E-state index contributed by atoms with van der Waals surface area (Å²) in [6.45, 7) is 7.92. The molecule has 0 N–H and O–H groups in total. The van der Waals surface area contributed by atoms with Gasteiger partial charge < -0.3 is 4.74 Å². The Morgan fingerprint density at radius 2 is 1.88 bits per heavy atom. The Bertz CT molecular complexity index is 1200. The SMILES string of the molecule is CCS(=O)(=O)c1ccc(C(=O)N(CCN2CCOCC2)c2nc3ccc(C)cc3s2)cc1. The van der Waals surface area contributed by atoms with Crippen LogP contribution in [0.4, 0.5) is 5.13 Å². The molecule has 1 amide bonds. The van der Waals surface area contributed by atoms with E-state index in [0.717, 1.165) is 28.9 Å². The van der Waals surface area contributed by atoms with E-state index in [4.69, 9.17) is 9.72 Å². The fourth-order valence-corrected chi connectivity index (χ4v) is 5.58. The molecule has 0 atom stereocenters. The Hall–Kier alpha value is -2.33. The van der Waals surface area contributed by atoms with Crippen LogP contribution in [-0.2, 0) is 14.6 Å². The van der Waals surface area contributed by atoms with Crippen molar-refractivity contribution in [3.8, 4) is 0 Å². The lowest BCUT2D eigenvalue weighted by molar-refractivity contribution is 0.0391. The Morgan fingerprint density at radius 1 is 1.16 bits per heavy atom. The number of benzene rings is 2. The molecule has 7 nitrogen and oxygen atoms in total. The molecular formula is C23H27N3O4S2. The molecule has 0 spiro atoms. The summed E-state index contributed by atoms with van der Waals surface area (Å²) >= 11 is 1.50. The van der Waals surface area contributed by atoms with Gasteiger partial charge in [0, 0.05) is 31.7 Å². The minimum atomic E-state index is -3.31. The summed E-state index contributed by atoms with van der Waals surface area (Å²) in [7, 11) is -3.31. The summed E-state index contributed by atoms with van der Waals surface area (Å²) in [5.74, 6) is -0.161. The van der Waals surface area contributed by atoms with Crippen LogP contribution in [0, 0.1) is 6.92 Å². The van der Waals surface area contributed by atoms with E-state index in [1.807, 2.05) is 19.1 Å². The van der Waals surface area contributed by atoms with Gasteiger partial charge in [-0.15, -0.1) is 0 Å². The number of carbonyl (C=O) groups excluding carboxylic acids is 1. The zero-order valence-electron chi connectivity index (χ0n) is 18.3. The maximum absolute atomic E-state index is 13.5. The van der Waals surface area contributed by atoms with Crippen molar-refractivity contribution >= 4 is 42.4 Å². The molecule has 0 radical (unpaired) electrons. The lowest BCUT2D eigenvalue weighted by Crippen LogP contribution is -2.43. The van der Waals surface area contributed by atoms with Gasteiger partial charge in [-0.05, 0) is 48.9 Å². The highest BCUT2D eigenvalue weighted by Crippen LogP contribution is 2.30. The molecule has 0 bridgehead atoms. The standard InChI is InChI=1S/C23H27N3O4S2/c1-3-32(28,29)19-7-5-18(6-8-19)22(27)26(11-10-25-12-14-30-15-13-25)23-24-20-9-4-17(2)16-21(20)31-23/h4-9,16H,3,10-15H2,1-2H3. The van der Waals surface area contributed by atoms with Crippen molar-refractivity contribution < 1.29 is 17.9 Å². The molecule has 32 heavy (non-hydrogen) atoms. The molecule has 170 valence electrons. The Morgan fingerprint density at radius 3 is 2.56 bits per heavy atom. The first-order valence-electron chi connectivity index (χ1n) is 10.7. The van der Waals surface area contributed by atoms with Crippen molar-refractivity contribution in [3.63, 3.8) is 0 Å². The molecule has 1 aliphatic heterocycles. The lowest BCUT2D eigenvalue weighted by Gasteiger charge is -2.29. The summed E-state index contributed by atoms with van der Waals surface area (Å²) in [5, 5.41) is 0.647. The van der Waals surface area contributed by atoms with Gasteiger partial charge in [0.2, 0.25) is 0 Å². The zero-order valence-corrected chi connectivity index (χ0v) is 19.9. The molecule has 2 aromatic carbocycles. The second-order valence-electron chi connectivity index (χ2n) is 7.81. The highest BCUT2D eigenvalue weighted by atomic mass is 32.2. The van der Waals surface area contributed by atoms with Gasteiger partial charge in [-0.25, -0.2) is 13.4 Å². The molecule has 9 heteroatoms. The van der Waals surface area contributed by atoms with Crippen LogP contribution in [0.2, 0.25) is 0 Å². The van der Waals surface area contributed by atoms with E-state index in [-0.39, 0.29) is 16.6 Å². The van der Waals surface area contributed by atoms with Crippen LogP contribution in [0.3, 0.4) is 0 Å². The van der Waals surface area contributed by atoms with Gasteiger partial charge in [-0.2, -0.15) is 0 Å². The van der Waals surface area contributed by atoms with E-state index >= 15 is 0 Å². The minimum Gasteiger partial charge on any atom is -0.379 e. The monoisotopic (exact) mass is 473 g/mol. The zero-order chi connectivity index (χ0) is 22.7. The number of anilines is 1. The normalized spacial score (nSPS) is 15.2. The van der Waals surface area contributed by atoms with Crippen LogP contribution < -0.4 is 4.90 Å². The molecule has 1 aromatic heterocycles. The predicted molar refractivity (Wildman–Crippen MR) is 127 cm³/mol. The topological polar surface area (TPSA) is 79.8 Å². The Balaban J connectivity index is 1.63. The average Bonchev–Trinajstić information content (AvgIpc) is 3.22. The minimum absolute atomic E-state index is 0.0249. The molecular weight excluding hydrogens is 446 g/mol. The van der Waals surface area contributed by atoms with Crippen LogP contribution in [0.15, 0.2) is 47.4 Å². The first kappa shape index (κ1) is 22.8. The number of aromatic nitrogens is 1. The van der Waals surface area contributed by atoms with Crippen molar-refractivity contribution in [2.24, 2.45) is 0 Å². The largest absolute Gasteiger partial charge is 0.379 e. The number of ether oxygens (including phenoxy) is 1. The number of fused-ring (bicyclic) bond motifs is 1. The van der Waals surface area contributed by atoms with Gasteiger partial charge in [0.25, 0.3) is 5.91 Å². The molecule has 2 heterocycles. The first-order chi connectivity index (χ1) is 15.4. The van der Waals surface area contributed by atoms with E-state index in [1.54, 1.807) is 24.0 Å². The number of thiazole rings is 1. The second-order valence-corrected chi connectivity index (χ2v) is 11.1. The first-order valence-corrected chi connectivity index (χ1v) is 13.2. The average molecular weight is 474 g/mol. The second kappa shape index (κ2) is 9.66. The summed E-state index contributed by atoms with van der Waals surface area (Å²) < 4.78 is 30.7. The highest BCUT2D eigenvalue weighted by Gasteiger charge is 2.23. The molecule has 0 aliphatic carbocycles. The van der Waals surface area contributed by atoms with Crippen LogP contribution in [0.25, 0.3) is 10.2 Å². The van der Waals surface area contributed by atoms with Crippen molar-refractivity contribution in [3.05, 3.63) is 53.6 Å². The van der Waals surface area contributed by atoms with Gasteiger partial charge in [-0.3, -0.25) is 14.6 Å². The molecule has 3 aromatic rings. The highest BCUT2D eigenvalue weighted by molar-refractivity contribution is 7.91. The van der Waals surface area contributed by atoms with Gasteiger partial charge in [-0.1, -0.05) is 24.3 Å². The molecule has 0 saturated carbocycles. The number of hydrogen-bond donors (Lipinski definition) is 0. The summed E-state index contributed by atoms with van der Waals surface area (Å²) in [6, 6.07) is 12.2. The van der Waals surface area contributed by atoms with Crippen molar-refractivity contribution in [2.75, 3.05) is 50.0 Å². The number of rotatable bonds is 7. The predicted octanol–water partition coefficient (Wildman–Crippen LogP) is 3.38. The van der Waals surface area contributed by atoms with E-state index in [2.05, 4.69) is 11.0 Å². The number of sulfone groups is 1. The van der Waals surface area contributed by atoms with E-state index in [1.165, 1.54) is 23.5 Å². The molecule has 4 rings (SSSR count). The maximum atomic E-state index is 13.5. The Kier molecular flexibility index (Phi) is 6.90. The number of nitrogens with zero attached hydrogens (tertiary/aromatic N) is 3. The van der Waals surface area contributed by atoms with Crippen molar-refractivity contribution in [1.82, 2.24) is 9.88 Å². The molecule has 1 fully saturated rings. The van der Waals surface area contributed by atoms with E-state index in [0.29, 0.717) is 37.0 Å². The Labute approximate surface area is 192 Å². The van der Waals surface area contributed by atoms with Crippen molar-refractivity contribution in [2.45, 2.75) is 18.7 Å². The van der Waals surface area contributed by atoms with Gasteiger partial charge in [0.15, 0.2) is 15.0 Å². The van der Waals surface area contributed by atoms with Crippen LogP contribution in [-0.4, -0.2) is 69.4 Å². The smallest absolute Gasteiger partial charge is 0.260 e.